The van der Waals surface area contributed by atoms with Crippen LogP contribution in [0.25, 0.3) is 11.3 Å². The van der Waals surface area contributed by atoms with Gasteiger partial charge in [-0.1, -0.05) is 39.7 Å². The van der Waals surface area contributed by atoms with Crippen molar-refractivity contribution in [3.05, 3.63) is 52.7 Å². The van der Waals surface area contributed by atoms with Crippen LogP contribution < -0.4 is 0 Å². The average molecular weight is 325 g/mol. The lowest BCUT2D eigenvalue weighted by Gasteiger charge is -2.06. The molecule has 0 bridgehead atoms. The van der Waals surface area contributed by atoms with Crippen LogP contribution in [0.5, 0.6) is 0 Å². The molecule has 0 unspecified atom stereocenters. The second kappa shape index (κ2) is 5.63. The maximum absolute atomic E-state index is 11.6. The first-order valence-electron chi connectivity index (χ1n) is 5.44. The molecule has 0 fully saturated rings. The summed E-state index contributed by atoms with van der Waals surface area (Å²) in [5.41, 5.74) is 3.23. The largest absolute Gasteiger partial charge is 0.293 e. The number of carbonyl (C=O) groups is 1. The molecule has 1 aromatic carbocycles. The molecule has 0 saturated carbocycles. The van der Waals surface area contributed by atoms with E-state index in [-0.39, 0.29) is 5.78 Å². The van der Waals surface area contributed by atoms with Gasteiger partial charge >= 0.3 is 0 Å². The van der Waals surface area contributed by atoms with Crippen molar-refractivity contribution in [2.75, 3.05) is 5.33 Å². The second-order valence-corrected chi connectivity index (χ2v) is 4.89. The quantitative estimate of drug-likeness (QED) is 0.623. The van der Waals surface area contributed by atoms with Crippen LogP contribution in [0.15, 0.2) is 36.4 Å². The number of alkyl halides is 1. The molecular formula is C14H11BrClNO. The lowest BCUT2D eigenvalue weighted by molar-refractivity contribution is 0.102. The summed E-state index contributed by atoms with van der Waals surface area (Å²) in [6.45, 7) is 1.84. The normalized spacial score (nSPS) is 10.4. The molecule has 0 aliphatic rings. The van der Waals surface area contributed by atoms with Crippen molar-refractivity contribution in [3.63, 3.8) is 0 Å². The monoisotopic (exact) mass is 323 g/mol. The number of ketones is 1. The fourth-order valence-corrected chi connectivity index (χ4v) is 2.14. The maximum Gasteiger partial charge on any atom is 0.175 e. The molecule has 1 aromatic heterocycles. The van der Waals surface area contributed by atoms with E-state index in [4.69, 9.17) is 11.6 Å². The molecule has 0 amide bonds. The summed E-state index contributed by atoms with van der Waals surface area (Å²) in [6, 6.07) is 11.1. The van der Waals surface area contributed by atoms with Gasteiger partial charge in [-0.15, -0.1) is 0 Å². The van der Waals surface area contributed by atoms with Crippen molar-refractivity contribution < 1.29 is 4.79 Å². The second-order valence-electron chi connectivity index (χ2n) is 3.89. The molecule has 18 heavy (non-hydrogen) atoms. The SMILES string of the molecule is Cc1nc(-c2ccc(Cl)cc2)ccc1C(=O)CBr. The van der Waals surface area contributed by atoms with Gasteiger partial charge in [0.25, 0.3) is 0 Å². The van der Waals surface area contributed by atoms with Gasteiger partial charge in [0.05, 0.1) is 11.0 Å². The number of rotatable bonds is 3. The zero-order valence-electron chi connectivity index (χ0n) is 9.78. The summed E-state index contributed by atoms with van der Waals surface area (Å²) < 4.78 is 0. The Morgan fingerprint density at radius 2 is 1.89 bits per heavy atom. The van der Waals surface area contributed by atoms with E-state index in [1.807, 2.05) is 43.3 Å². The average Bonchev–Trinajstić information content (AvgIpc) is 2.38. The molecule has 2 nitrogen and oxygen atoms in total. The van der Waals surface area contributed by atoms with Crippen molar-refractivity contribution in [1.82, 2.24) is 4.98 Å². The Morgan fingerprint density at radius 3 is 2.44 bits per heavy atom. The van der Waals surface area contributed by atoms with E-state index in [0.717, 1.165) is 17.0 Å². The Hall–Kier alpha value is -1.19. The number of aromatic nitrogens is 1. The number of pyridine rings is 1. The first-order chi connectivity index (χ1) is 8.61. The molecular weight excluding hydrogens is 314 g/mol. The molecule has 0 aliphatic heterocycles. The van der Waals surface area contributed by atoms with Gasteiger partial charge in [0.1, 0.15) is 0 Å². The predicted octanol–water partition coefficient (Wildman–Crippen LogP) is 4.29. The van der Waals surface area contributed by atoms with E-state index in [0.29, 0.717) is 15.9 Å². The van der Waals surface area contributed by atoms with Crippen molar-refractivity contribution >= 4 is 33.3 Å². The van der Waals surface area contributed by atoms with Crippen LogP contribution in [-0.2, 0) is 0 Å². The highest BCUT2D eigenvalue weighted by Gasteiger charge is 2.09. The van der Waals surface area contributed by atoms with Crippen molar-refractivity contribution in [2.45, 2.75) is 6.92 Å². The Balaban J connectivity index is 2.40. The fraction of sp³-hybridized carbons (Fsp3) is 0.143. The number of halogens is 2. The smallest absolute Gasteiger partial charge is 0.175 e. The van der Waals surface area contributed by atoms with E-state index in [1.165, 1.54) is 0 Å². The van der Waals surface area contributed by atoms with Crippen molar-refractivity contribution in [2.24, 2.45) is 0 Å². The maximum atomic E-state index is 11.6. The van der Waals surface area contributed by atoms with Crippen LogP contribution in [0.1, 0.15) is 16.1 Å². The Labute approximate surface area is 119 Å². The number of Topliss-reactive ketones (excluding diaryl/α,β-unsaturated/α-hetero) is 1. The first kappa shape index (κ1) is 13.2. The molecule has 2 rings (SSSR count). The van der Waals surface area contributed by atoms with Crippen LogP contribution in [-0.4, -0.2) is 16.1 Å². The molecule has 1 heterocycles. The summed E-state index contributed by atoms with van der Waals surface area (Å²) in [4.78, 5) is 16.1. The molecule has 4 heteroatoms. The minimum absolute atomic E-state index is 0.0441. The van der Waals surface area contributed by atoms with Crippen molar-refractivity contribution in [3.8, 4) is 11.3 Å². The number of hydrogen-bond acceptors (Lipinski definition) is 2. The highest BCUT2D eigenvalue weighted by atomic mass is 79.9. The summed E-state index contributed by atoms with van der Waals surface area (Å²) in [7, 11) is 0. The summed E-state index contributed by atoms with van der Waals surface area (Å²) in [6.07, 6.45) is 0. The highest BCUT2D eigenvalue weighted by Crippen LogP contribution is 2.21. The lowest BCUT2D eigenvalue weighted by Crippen LogP contribution is -2.04. The van der Waals surface area contributed by atoms with Crippen molar-refractivity contribution in [1.29, 1.82) is 0 Å². The van der Waals surface area contributed by atoms with Gasteiger partial charge in [-0.25, -0.2) is 0 Å². The Bertz CT molecular complexity index is 581. The molecule has 0 saturated heterocycles. The van der Waals surface area contributed by atoms with Crippen LogP contribution in [0.4, 0.5) is 0 Å². The minimum Gasteiger partial charge on any atom is -0.293 e. The molecule has 0 spiro atoms. The third-order valence-corrected chi connectivity index (χ3v) is 3.41. The lowest BCUT2D eigenvalue weighted by atomic mass is 10.1. The van der Waals surface area contributed by atoms with E-state index in [1.54, 1.807) is 0 Å². The third kappa shape index (κ3) is 2.79. The van der Waals surface area contributed by atoms with E-state index in [9.17, 15) is 4.79 Å². The fourth-order valence-electron chi connectivity index (χ4n) is 1.71. The molecule has 92 valence electrons. The number of aryl methyl sites for hydroxylation is 1. The predicted molar refractivity (Wildman–Crippen MR) is 77.5 cm³/mol. The zero-order chi connectivity index (χ0) is 13.1. The van der Waals surface area contributed by atoms with Gasteiger partial charge in [0, 0.05) is 21.8 Å². The third-order valence-electron chi connectivity index (χ3n) is 2.65. The van der Waals surface area contributed by atoms with Crippen LogP contribution in [0, 0.1) is 6.92 Å². The summed E-state index contributed by atoms with van der Waals surface area (Å²) >= 11 is 9.01. The van der Waals surface area contributed by atoms with Gasteiger partial charge in [0.2, 0.25) is 0 Å². The number of nitrogens with zero attached hydrogens (tertiary/aromatic N) is 1. The van der Waals surface area contributed by atoms with E-state index >= 15 is 0 Å². The van der Waals surface area contributed by atoms with E-state index < -0.39 is 0 Å². The van der Waals surface area contributed by atoms with Gasteiger partial charge < -0.3 is 0 Å². The molecule has 0 N–H and O–H groups in total. The van der Waals surface area contributed by atoms with Gasteiger partial charge in [-0.2, -0.15) is 0 Å². The number of hydrogen-bond donors (Lipinski definition) is 0. The van der Waals surface area contributed by atoms with Gasteiger partial charge in [0.15, 0.2) is 5.78 Å². The molecule has 0 aliphatic carbocycles. The Kier molecular flexibility index (Phi) is 4.15. The standard InChI is InChI=1S/C14H11BrClNO/c1-9-12(14(18)8-15)6-7-13(17-9)10-2-4-11(16)5-3-10/h2-7H,8H2,1H3. The molecule has 0 atom stereocenters. The van der Waals surface area contributed by atoms with E-state index in [2.05, 4.69) is 20.9 Å². The first-order valence-corrected chi connectivity index (χ1v) is 6.94. The number of carbonyl (C=O) groups excluding carboxylic acids is 1. The topological polar surface area (TPSA) is 30.0 Å². The van der Waals surface area contributed by atoms with Gasteiger partial charge in [-0.3, -0.25) is 9.78 Å². The minimum atomic E-state index is 0.0441. The Morgan fingerprint density at radius 1 is 1.22 bits per heavy atom. The zero-order valence-corrected chi connectivity index (χ0v) is 12.1. The van der Waals surface area contributed by atoms with Gasteiger partial charge in [-0.05, 0) is 31.2 Å². The number of benzene rings is 1. The highest BCUT2D eigenvalue weighted by molar-refractivity contribution is 9.09. The summed E-state index contributed by atoms with van der Waals surface area (Å²) in [5, 5.41) is 1.01. The van der Waals surface area contributed by atoms with Crippen LogP contribution >= 0.6 is 27.5 Å². The van der Waals surface area contributed by atoms with Crippen LogP contribution in [0.2, 0.25) is 5.02 Å². The molecule has 0 radical (unpaired) electrons. The summed E-state index contributed by atoms with van der Waals surface area (Å²) in [5.74, 6) is 0.0441. The van der Waals surface area contributed by atoms with Crippen LogP contribution in [0.3, 0.4) is 0 Å². The molecule has 2 aromatic rings.